The Balaban J connectivity index is 1.41. The predicted octanol–water partition coefficient (Wildman–Crippen LogP) is 6.53. The lowest BCUT2D eigenvalue weighted by molar-refractivity contribution is 0.0927. The van der Waals surface area contributed by atoms with E-state index in [2.05, 4.69) is 19.9 Å². The van der Waals surface area contributed by atoms with Gasteiger partial charge in [-0.2, -0.15) is 0 Å². The van der Waals surface area contributed by atoms with Crippen LogP contribution in [0.5, 0.6) is 0 Å². The van der Waals surface area contributed by atoms with Crippen LogP contribution in [0.2, 0.25) is 0 Å². The molecule has 8 nitrogen and oxygen atoms in total. The van der Waals surface area contributed by atoms with Crippen LogP contribution in [-0.2, 0) is 0 Å². The Morgan fingerprint density at radius 2 is 0.568 bits per heavy atom. The highest BCUT2D eigenvalue weighted by Crippen LogP contribution is 2.32. The summed E-state index contributed by atoms with van der Waals surface area (Å²) in [5.74, 6) is -1.14. The predicted molar refractivity (Wildman–Crippen MR) is 165 cm³/mol. The largest absolute Gasteiger partial charge is 0.294 e. The molecule has 0 unspecified atom stereocenters. The number of rotatable bonds is 14. The van der Waals surface area contributed by atoms with Crippen molar-refractivity contribution >= 4 is 23.1 Å². The third-order valence-corrected chi connectivity index (χ3v) is 7.62. The quantitative estimate of drug-likeness (QED) is 0.136. The first-order chi connectivity index (χ1) is 21.5. The van der Waals surface area contributed by atoms with Crippen molar-refractivity contribution in [1.29, 1.82) is 0 Å². The molecule has 5 aromatic rings. The van der Waals surface area contributed by atoms with Gasteiger partial charge in [0.05, 0.1) is 0 Å². The van der Waals surface area contributed by atoms with Crippen molar-refractivity contribution in [3.05, 3.63) is 156 Å². The molecule has 0 N–H and O–H groups in total. The van der Waals surface area contributed by atoms with Crippen molar-refractivity contribution < 1.29 is 19.2 Å². The Bertz CT molecular complexity index is 1480. The molecule has 8 heteroatoms. The average Bonchev–Trinajstić information content (AvgIpc) is 3.09. The Kier molecular flexibility index (Phi) is 9.94. The highest BCUT2D eigenvalue weighted by atomic mass is 16.1. The summed E-state index contributed by atoms with van der Waals surface area (Å²) >= 11 is 0. The number of pyridine rings is 4. The summed E-state index contributed by atoms with van der Waals surface area (Å²) in [5.41, 5.74) is 3.76. The topological polar surface area (TPSA) is 120 Å². The van der Waals surface area contributed by atoms with E-state index >= 15 is 0 Å². The smallest absolute Gasteiger partial charge is 0.163 e. The molecule has 0 aliphatic heterocycles. The van der Waals surface area contributed by atoms with Gasteiger partial charge in [-0.15, -0.1) is 0 Å². The minimum atomic E-state index is -0.388. The molecule has 0 amide bonds. The van der Waals surface area contributed by atoms with Crippen LogP contribution in [0, 0.1) is 0 Å². The van der Waals surface area contributed by atoms with Crippen molar-refractivity contribution in [3.8, 4) is 0 Å². The molecule has 1 aromatic carbocycles. The van der Waals surface area contributed by atoms with Crippen molar-refractivity contribution in [1.82, 2.24) is 19.9 Å². The van der Waals surface area contributed by atoms with E-state index in [1.54, 1.807) is 98.1 Å². The molecule has 0 fully saturated rings. The fourth-order valence-corrected chi connectivity index (χ4v) is 5.17. The molecule has 0 radical (unpaired) electrons. The lowest BCUT2D eigenvalue weighted by Gasteiger charge is -2.20. The maximum atomic E-state index is 13.2. The lowest BCUT2D eigenvalue weighted by Crippen LogP contribution is -2.14. The van der Waals surface area contributed by atoms with Crippen molar-refractivity contribution in [3.63, 3.8) is 0 Å². The van der Waals surface area contributed by atoms with Crippen LogP contribution in [0.1, 0.15) is 90.1 Å². The molecule has 0 saturated carbocycles. The van der Waals surface area contributed by atoms with Gasteiger partial charge in [0.25, 0.3) is 0 Å². The van der Waals surface area contributed by atoms with Crippen LogP contribution in [0.3, 0.4) is 0 Å². The zero-order valence-electron chi connectivity index (χ0n) is 24.0. The van der Waals surface area contributed by atoms with E-state index < -0.39 is 0 Å². The van der Waals surface area contributed by atoms with E-state index in [0.717, 1.165) is 11.1 Å². The summed E-state index contributed by atoms with van der Waals surface area (Å²) in [6.07, 6.45) is 13.1. The molecule has 0 atom stereocenters. The normalized spacial score (nSPS) is 11.0. The first-order valence-electron chi connectivity index (χ1n) is 14.3. The van der Waals surface area contributed by atoms with Gasteiger partial charge in [0.2, 0.25) is 0 Å². The van der Waals surface area contributed by atoms with Gasteiger partial charge in [0, 0.05) is 97.5 Å². The molecular weight excluding hydrogens is 552 g/mol. The van der Waals surface area contributed by atoms with Gasteiger partial charge in [0.15, 0.2) is 23.1 Å². The van der Waals surface area contributed by atoms with E-state index in [4.69, 9.17) is 0 Å². The summed E-state index contributed by atoms with van der Waals surface area (Å²) in [5, 5.41) is 0. The third kappa shape index (κ3) is 7.86. The van der Waals surface area contributed by atoms with Gasteiger partial charge in [-0.25, -0.2) is 0 Å². The fraction of sp³-hybridized carbons (Fsp3) is 0.167. The van der Waals surface area contributed by atoms with Gasteiger partial charge < -0.3 is 0 Å². The Morgan fingerprint density at radius 3 is 0.773 bits per heavy atom. The van der Waals surface area contributed by atoms with Crippen LogP contribution < -0.4 is 0 Å². The highest BCUT2D eigenvalue weighted by Gasteiger charge is 2.24. The standard InChI is InChI=1S/C36H30N4O4/c41-33(27-5-13-37-14-6-27)21-31(22-34(42)28-7-15-38-16-8-28)25-1-2-26(4-3-25)32(23-35(43)29-9-17-39-18-10-29)24-36(44)30-11-19-40-20-12-30/h1-20,31-32H,21-24H2. The Labute approximate surface area is 255 Å². The summed E-state index contributed by atoms with van der Waals surface area (Å²) in [4.78, 5) is 68.8. The number of benzene rings is 1. The molecule has 4 heterocycles. The second-order valence-electron chi connectivity index (χ2n) is 10.5. The zero-order valence-corrected chi connectivity index (χ0v) is 24.0. The van der Waals surface area contributed by atoms with Crippen LogP contribution in [0.4, 0.5) is 0 Å². The molecule has 0 spiro atoms. The SMILES string of the molecule is O=C(CC(CC(=O)c1ccncc1)c1ccc(C(CC(=O)c2ccncc2)CC(=O)c2ccncc2)cc1)c1ccncc1. The van der Waals surface area contributed by atoms with Crippen LogP contribution in [0.25, 0.3) is 0 Å². The van der Waals surface area contributed by atoms with Crippen LogP contribution in [-0.4, -0.2) is 43.1 Å². The van der Waals surface area contributed by atoms with Crippen molar-refractivity contribution in [2.45, 2.75) is 37.5 Å². The maximum absolute atomic E-state index is 13.2. The molecule has 0 saturated heterocycles. The van der Waals surface area contributed by atoms with Gasteiger partial charge in [-0.3, -0.25) is 39.1 Å². The summed E-state index contributed by atoms with van der Waals surface area (Å²) < 4.78 is 0. The number of nitrogens with zero attached hydrogens (tertiary/aromatic N) is 4. The molecule has 218 valence electrons. The zero-order chi connectivity index (χ0) is 30.7. The number of hydrogen-bond donors (Lipinski definition) is 0. The first-order valence-corrected chi connectivity index (χ1v) is 14.3. The molecule has 0 aliphatic rings. The van der Waals surface area contributed by atoms with E-state index in [-0.39, 0.29) is 60.7 Å². The average molecular weight is 583 g/mol. The summed E-state index contributed by atoms with van der Waals surface area (Å²) in [6, 6.07) is 20.9. The Hall–Kier alpha value is -5.50. The van der Waals surface area contributed by atoms with Gasteiger partial charge >= 0.3 is 0 Å². The minimum Gasteiger partial charge on any atom is -0.294 e. The lowest BCUT2D eigenvalue weighted by atomic mass is 9.83. The number of carbonyl (C=O) groups excluding carboxylic acids is 4. The van der Waals surface area contributed by atoms with E-state index in [9.17, 15) is 19.2 Å². The van der Waals surface area contributed by atoms with E-state index in [0.29, 0.717) is 22.3 Å². The number of aromatic nitrogens is 4. The molecule has 4 aromatic heterocycles. The number of Topliss-reactive ketones (excluding diaryl/α,β-unsaturated/α-hetero) is 4. The molecule has 5 rings (SSSR count). The van der Waals surface area contributed by atoms with Gasteiger partial charge in [0.1, 0.15) is 0 Å². The third-order valence-electron chi connectivity index (χ3n) is 7.62. The number of ketones is 4. The Morgan fingerprint density at radius 1 is 0.364 bits per heavy atom. The monoisotopic (exact) mass is 582 g/mol. The maximum Gasteiger partial charge on any atom is 0.163 e. The fourth-order valence-electron chi connectivity index (χ4n) is 5.17. The first kappa shape index (κ1) is 30.0. The second kappa shape index (κ2) is 14.6. The highest BCUT2D eigenvalue weighted by molar-refractivity contribution is 6.00. The summed E-state index contributed by atoms with van der Waals surface area (Å²) in [6.45, 7) is 0. The van der Waals surface area contributed by atoms with Crippen LogP contribution >= 0.6 is 0 Å². The molecular formula is C36H30N4O4. The van der Waals surface area contributed by atoms with E-state index in [1.165, 1.54) is 0 Å². The van der Waals surface area contributed by atoms with Crippen molar-refractivity contribution in [2.24, 2.45) is 0 Å². The number of carbonyl (C=O) groups is 4. The van der Waals surface area contributed by atoms with E-state index in [1.807, 2.05) is 24.3 Å². The molecule has 0 aliphatic carbocycles. The van der Waals surface area contributed by atoms with Gasteiger partial charge in [-0.1, -0.05) is 24.3 Å². The minimum absolute atomic E-state index is 0.0900. The second-order valence-corrected chi connectivity index (χ2v) is 10.5. The van der Waals surface area contributed by atoms with Gasteiger partial charge in [-0.05, 0) is 71.5 Å². The summed E-state index contributed by atoms with van der Waals surface area (Å²) in [7, 11) is 0. The number of hydrogen-bond acceptors (Lipinski definition) is 8. The molecule has 0 bridgehead atoms. The van der Waals surface area contributed by atoms with Crippen LogP contribution in [0.15, 0.2) is 122 Å². The molecule has 44 heavy (non-hydrogen) atoms. The van der Waals surface area contributed by atoms with Crippen molar-refractivity contribution in [2.75, 3.05) is 0 Å².